The largest absolute Gasteiger partial charge is 0.510 e. The van der Waals surface area contributed by atoms with E-state index in [0.717, 1.165) is 6.42 Å². The average Bonchev–Trinajstić information content (AvgIpc) is 1.94. The van der Waals surface area contributed by atoms with E-state index in [-0.39, 0.29) is 5.76 Å². The highest BCUT2D eigenvalue weighted by Gasteiger charge is 2.32. The predicted octanol–water partition coefficient (Wildman–Crippen LogP) is 2.25. The van der Waals surface area contributed by atoms with Crippen LogP contribution >= 0.6 is 0 Å². The minimum absolute atomic E-state index is 0.146. The van der Waals surface area contributed by atoms with E-state index in [0.29, 0.717) is 18.3 Å². The summed E-state index contributed by atoms with van der Waals surface area (Å²) in [6.07, 6.45) is 3.43. The third kappa shape index (κ3) is 1.81. The monoisotopic (exact) mass is 170 g/mol. The Morgan fingerprint density at radius 2 is 2.17 bits per heavy atom. The van der Waals surface area contributed by atoms with Crippen LogP contribution in [-0.4, -0.2) is 15.8 Å². The van der Waals surface area contributed by atoms with Crippen molar-refractivity contribution in [3.8, 4) is 0 Å². The molecule has 2 unspecified atom stereocenters. The number of hydrogen-bond donors (Lipinski definition) is 2. The minimum atomic E-state index is -0.981. The Labute approximate surface area is 73.9 Å². The quantitative estimate of drug-likeness (QED) is 0.633. The highest BCUT2D eigenvalue weighted by Crippen LogP contribution is 2.33. The Bertz CT molecular complexity index is 192. The maximum atomic E-state index is 9.62. The molecule has 2 heteroatoms. The first-order valence-corrected chi connectivity index (χ1v) is 4.57. The van der Waals surface area contributed by atoms with Crippen LogP contribution in [0.3, 0.4) is 0 Å². The molecule has 0 saturated heterocycles. The van der Waals surface area contributed by atoms with Gasteiger partial charge in [-0.3, -0.25) is 0 Å². The van der Waals surface area contributed by atoms with Crippen LogP contribution < -0.4 is 0 Å². The summed E-state index contributed by atoms with van der Waals surface area (Å²) < 4.78 is 0. The highest BCUT2D eigenvalue weighted by atomic mass is 16.3. The van der Waals surface area contributed by atoms with Gasteiger partial charge in [-0.2, -0.15) is 0 Å². The van der Waals surface area contributed by atoms with Crippen LogP contribution in [0.4, 0.5) is 0 Å². The molecule has 1 aliphatic rings. The van der Waals surface area contributed by atoms with Crippen molar-refractivity contribution in [1.82, 2.24) is 0 Å². The van der Waals surface area contributed by atoms with Crippen LogP contribution in [0.5, 0.6) is 0 Å². The number of allylic oxidation sites excluding steroid dienone is 1. The summed E-state index contributed by atoms with van der Waals surface area (Å²) in [5, 5.41) is 19.1. The van der Waals surface area contributed by atoms with Gasteiger partial charge in [0.25, 0.3) is 0 Å². The number of aliphatic hydroxyl groups excluding tert-OH is 1. The van der Waals surface area contributed by atoms with Crippen LogP contribution in [0.1, 0.15) is 33.6 Å². The van der Waals surface area contributed by atoms with Crippen molar-refractivity contribution in [3.63, 3.8) is 0 Å². The van der Waals surface area contributed by atoms with Gasteiger partial charge in [-0.15, -0.1) is 0 Å². The van der Waals surface area contributed by atoms with Crippen LogP contribution in [-0.2, 0) is 0 Å². The predicted molar refractivity (Wildman–Crippen MR) is 48.9 cm³/mol. The molecule has 0 heterocycles. The van der Waals surface area contributed by atoms with Gasteiger partial charge in [-0.25, -0.2) is 0 Å². The molecule has 0 amide bonds. The molecule has 0 saturated carbocycles. The molecule has 0 fully saturated rings. The molecule has 0 aromatic heterocycles. The molecule has 0 bridgehead atoms. The second-order valence-electron chi connectivity index (χ2n) is 4.27. The van der Waals surface area contributed by atoms with Crippen LogP contribution in [0.25, 0.3) is 0 Å². The van der Waals surface area contributed by atoms with E-state index >= 15 is 0 Å². The Balaban J connectivity index is 2.75. The van der Waals surface area contributed by atoms with E-state index in [4.69, 9.17) is 0 Å². The lowest BCUT2D eigenvalue weighted by molar-refractivity contribution is 0.0273. The lowest BCUT2D eigenvalue weighted by Gasteiger charge is -2.31. The molecule has 0 aromatic carbocycles. The topological polar surface area (TPSA) is 40.5 Å². The first kappa shape index (κ1) is 9.59. The molecule has 12 heavy (non-hydrogen) atoms. The summed E-state index contributed by atoms with van der Waals surface area (Å²) in [5.41, 5.74) is -0.981. The van der Waals surface area contributed by atoms with Crippen molar-refractivity contribution < 1.29 is 10.2 Å². The van der Waals surface area contributed by atoms with Gasteiger partial charge in [0.15, 0.2) is 0 Å². The van der Waals surface area contributed by atoms with E-state index in [1.54, 1.807) is 13.0 Å². The normalized spacial score (nSPS) is 36.8. The van der Waals surface area contributed by atoms with Gasteiger partial charge in [0, 0.05) is 0 Å². The maximum absolute atomic E-state index is 9.62. The van der Waals surface area contributed by atoms with E-state index in [9.17, 15) is 10.2 Å². The Morgan fingerprint density at radius 3 is 2.58 bits per heavy atom. The molecule has 70 valence electrons. The molecule has 2 atom stereocenters. The van der Waals surface area contributed by atoms with Crippen molar-refractivity contribution in [2.45, 2.75) is 39.2 Å². The smallest absolute Gasteiger partial charge is 0.120 e. The number of hydrogen-bond acceptors (Lipinski definition) is 2. The van der Waals surface area contributed by atoms with Crippen molar-refractivity contribution >= 4 is 0 Å². The van der Waals surface area contributed by atoms with Gasteiger partial charge in [0.05, 0.1) is 0 Å². The molecule has 0 radical (unpaired) electrons. The van der Waals surface area contributed by atoms with Gasteiger partial charge in [-0.05, 0) is 37.7 Å². The fourth-order valence-corrected chi connectivity index (χ4v) is 1.57. The van der Waals surface area contributed by atoms with E-state index in [1.165, 1.54) is 0 Å². The second-order valence-corrected chi connectivity index (χ2v) is 4.27. The molecule has 0 spiro atoms. The molecule has 0 aromatic rings. The summed E-state index contributed by atoms with van der Waals surface area (Å²) in [4.78, 5) is 0. The molecule has 1 rings (SSSR count). The van der Waals surface area contributed by atoms with Gasteiger partial charge in [0.2, 0.25) is 0 Å². The third-order valence-electron chi connectivity index (χ3n) is 2.74. The summed E-state index contributed by atoms with van der Waals surface area (Å²) in [6.45, 7) is 5.93. The highest BCUT2D eigenvalue weighted by molar-refractivity contribution is 5.12. The molecule has 2 N–H and O–H groups in total. The van der Waals surface area contributed by atoms with E-state index in [2.05, 4.69) is 13.8 Å². The van der Waals surface area contributed by atoms with Crippen molar-refractivity contribution in [1.29, 1.82) is 0 Å². The van der Waals surface area contributed by atoms with Crippen LogP contribution in [0, 0.1) is 11.8 Å². The lowest BCUT2D eigenvalue weighted by atomic mass is 9.80. The minimum Gasteiger partial charge on any atom is -0.510 e. The first-order chi connectivity index (χ1) is 5.43. The van der Waals surface area contributed by atoms with Crippen LogP contribution in [0.15, 0.2) is 11.8 Å². The summed E-state index contributed by atoms with van der Waals surface area (Å²) in [6, 6.07) is 0. The lowest BCUT2D eigenvalue weighted by Crippen LogP contribution is -2.32. The standard InChI is InChI=1S/C10H18O2/c1-7(2)8-4-5-10(3,12)9(11)6-8/h6-8,11-12H,4-5H2,1-3H3. The molecule has 0 aliphatic heterocycles. The molecule has 1 aliphatic carbocycles. The van der Waals surface area contributed by atoms with Crippen molar-refractivity contribution in [2.75, 3.05) is 0 Å². The Kier molecular flexibility index (Phi) is 2.47. The van der Waals surface area contributed by atoms with Crippen molar-refractivity contribution in [3.05, 3.63) is 11.8 Å². The number of aliphatic hydroxyl groups is 2. The summed E-state index contributed by atoms with van der Waals surface area (Å²) in [5.74, 6) is 1.11. The van der Waals surface area contributed by atoms with Gasteiger partial charge in [-0.1, -0.05) is 13.8 Å². The van der Waals surface area contributed by atoms with E-state index < -0.39 is 5.60 Å². The van der Waals surface area contributed by atoms with Gasteiger partial charge < -0.3 is 10.2 Å². The number of rotatable bonds is 1. The zero-order valence-electron chi connectivity index (χ0n) is 8.04. The molecular formula is C10H18O2. The first-order valence-electron chi connectivity index (χ1n) is 4.57. The Hall–Kier alpha value is -0.500. The SMILES string of the molecule is CC(C)C1C=C(O)C(C)(O)CC1. The summed E-state index contributed by atoms with van der Waals surface area (Å²) in [7, 11) is 0. The Morgan fingerprint density at radius 1 is 1.58 bits per heavy atom. The van der Waals surface area contributed by atoms with E-state index in [1.807, 2.05) is 0 Å². The zero-order chi connectivity index (χ0) is 9.35. The second kappa shape index (κ2) is 3.09. The van der Waals surface area contributed by atoms with Crippen molar-refractivity contribution in [2.24, 2.45) is 11.8 Å². The fourth-order valence-electron chi connectivity index (χ4n) is 1.57. The summed E-state index contributed by atoms with van der Waals surface area (Å²) >= 11 is 0. The fraction of sp³-hybridized carbons (Fsp3) is 0.800. The maximum Gasteiger partial charge on any atom is 0.120 e. The molecule has 2 nitrogen and oxygen atoms in total. The van der Waals surface area contributed by atoms with Crippen LogP contribution in [0.2, 0.25) is 0 Å². The average molecular weight is 170 g/mol. The van der Waals surface area contributed by atoms with Gasteiger partial charge >= 0.3 is 0 Å². The van der Waals surface area contributed by atoms with Gasteiger partial charge in [0.1, 0.15) is 11.4 Å². The zero-order valence-corrected chi connectivity index (χ0v) is 8.04. The third-order valence-corrected chi connectivity index (χ3v) is 2.74. The molecular weight excluding hydrogens is 152 g/mol.